The van der Waals surface area contributed by atoms with Crippen LogP contribution < -0.4 is 5.32 Å². The van der Waals surface area contributed by atoms with E-state index in [0.29, 0.717) is 12.3 Å². The molecule has 0 saturated carbocycles. The second kappa shape index (κ2) is 5.74. The highest BCUT2D eigenvalue weighted by atomic mass is 16.4. The van der Waals surface area contributed by atoms with Crippen molar-refractivity contribution in [1.82, 2.24) is 5.32 Å². The normalized spacial score (nSPS) is 17.4. The van der Waals surface area contributed by atoms with Crippen LogP contribution in [0.15, 0.2) is 24.3 Å². The molecule has 104 valence electrons. The van der Waals surface area contributed by atoms with Crippen LogP contribution in [0.25, 0.3) is 0 Å². The van der Waals surface area contributed by atoms with Gasteiger partial charge in [0.25, 0.3) is 0 Å². The van der Waals surface area contributed by atoms with E-state index in [0.717, 1.165) is 18.7 Å². The molecule has 0 radical (unpaired) electrons. The fourth-order valence-corrected chi connectivity index (χ4v) is 2.70. The monoisotopic (exact) mass is 261 g/mol. The summed E-state index contributed by atoms with van der Waals surface area (Å²) in [5.41, 5.74) is 1.79. The molecule has 0 unspecified atom stereocenters. The summed E-state index contributed by atoms with van der Waals surface area (Å²) >= 11 is 0. The lowest BCUT2D eigenvalue weighted by atomic mass is 9.83. The Labute approximate surface area is 115 Å². The largest absolute Gasteiger partial charge is 0.481 e. The molecule has 1 fully saturated rings. The van der Waals surface area contributed by atoms with Gasteiger partial charge in [0.1, 0.15) is 0 Å². The van der Waals surface area contributed by atoms with Crippen molar-refractivity contribution in [3.63, 3.8) is 0 Å². The number of aliphatic carboxylic acids is 1. The molecule has 0 bridgehead atoms. The maximum Gasteiger partial charge on any atom is 0.309 e. The van der Waals surface area contributed by atoms with Gasteiger partial charge in [-0.2, -0.15) is 0 Å². The van der Waals surface area contributed by atoms with Crippen molar-refractivity contribution < 1.29 is 9.90 Å². The lowest BCUT2D eigenvalue weighted by molar-refractivity contribution is -0.146. The van der Waals surface area contributed by atoms with Gasteiger partial charge in [0.15, 0.2) is 0 Å². The van der Waals surface area contributed by atoms with Gasteiger partial charge in [-0.1, -0.05) is 24.3 Å². The molecule has 0 amide bonds. The highest BCUT2D eigenvalue weighted by Gasteiger charge is 2.27. The molecule has 1 saturated heterocycles. The summed E-state index contributed by atoms with van der Waals surface area (Å²) in [6.07, 6.45) is 2.93. The van der Waals surface area contributed by atoms with Gasteiger partial charge in [-0.05, 0) is 63.2 Å². The Morgan fingerprint density at radius 1 is 1.37 bits per heavy atom. The number of nitrogens with one attached hydrogen (secondary N) is 1. The molecule has 0 aromatic heterocycles. The number of rotatable bonds is 4. The van der Waals surface area contributed by atoms with Crippen LogP contribution in [0.5, 0.6) is 0 Å². The smallest absolute Gasteiger partial charge is 0.309 e. The average molecular weight is 261 g/mol. The minimum atomic E-state index is -0.736. The first kappa shape index (κ1) is 14.1. The second-order valence-corrected chi connectivity index (χ2v) is 6.14. The molecule has 0 spiro atoms. The van der Waals surface area contributed by atoms with Crippen molar-refractivity contribution in [1.29, 1.82) is 0 Å². The van der Waals surface area contributed by atoms with E-state index in [1.807, 2.05) is 6.07 Å². The van der Waals surface area contributed by atoms with Crippen LogP contribution in [-0.2, 0) is 11.2 Å². The van der Waals surface area contributed by atoms with Gasteiger partial charge in [-0.25, -0.2) is 0 Å². The van der Waals surface area contributed by atoms with Gasteiger partial charge < -0.3 is 10.4 Å². The maximum atomic E-state index is 11.2. The van der Waals surface area contributed by atoms with E-state index in [9.17, 15) is 9.90 Å². The van der Waals surface area contributed by atoms with Gasteiger partial charge in [-0.3, -0.25) is 4.79 Å². The highest BCUT2D eigenvalue weighted by molar-refractivity contribution is 5.74. The molecule has 0 atom stereocenters. The minimum absolute atomic E-state index is 0.584. The first-order valence-corrected chi connectivity index (χ1v) is 7.02. The van der Waals surface area contributed by atoms with Crippen molar-refractivity contribution in [2.75, 3.05) is 13.1 Å². The number of carboxylic acids is 1. The number of carbonyl (C=O) groups is 1. The van der Waals surface area contributed by atoms with E-state index in [4.69, 9.17) is 0 Å². The van der Waals surface area contributed by atoms with Crippen molar-refractivity contribution >= 4 is 5.97 Å². The molecule has 3 heteroatoms. The van der Waals surface area contributed by atoms with E-state index in [1.165, 1.54) is 18.4 Å². The molecule has 1 heterocycles. The first-order valence-electron chi connectivity index (χ1n) is 7.02. The van der Waals surface area contributed by atoms with Crippen molar-refractivity contribution in [2.24, 2.45) is 5.41 Å². The average Bonchev–Trinajstić information content (AvgIpc) is 2.39. The van der Waals surface area contributed by atoms with Gasteiger partial charge >= 0.3 is 5.97 Å². The predicted molar refractivity (Wildman–Crippen MR) is 76.4 cm³/mol. The van der Waals surface area contributed by atoms with E-state index in [-0.39, 0.29) is 0 Å². The molecule has 1 aromatic carbocycles. The lowest BCUT2D eigenvalue weighted by Gasteiger charge is -2.24. The quantitative estimate of drug-likeness (QED) is 0.876. The molecule has 3 nitrogen and oxygen atoms in total. The van der Waals surface area contributed by atoms with Crippen LogP contribution >= 0.6 is 0 Å². The van der Waals surface area contributed by atoms with E-state index in [2.05, 4.69) is 23.5 Å². The Kier molecular flexibility index (Phi) is 4.25. The van der Waals surface area contributed by atoms with Crippen LogP contribution in [0.2, 0.25) is 0 Å². The number of benzene rings is 1. The topological polar surface area (TPSA) is 49.3 Å². The van der Waals surface area contributed by atoms with Crippen LogP contribution in [0.1, 0.15) is 43.7 Å². The van der Waals surface area contributed by atoms with Crippen LogP contribution in [0.4, 0.5) is 0 Å². The Hall–Kier alpha value is -1.35. The van der Waals surface area contributed by atoms with Crippen LogP contribution in [0.3, 0.4) is 0 Å². The third-order valence-corrected chi connectivity index (χ3v) is 3.99. The minimum Gasteiger partial charge on any atom is -0.481 e. The third kappa shape index (κ3) is 3.57. The van der Waals surface area contributed by atoms with Crippen molar-refractivity contribution in [3.8, 4) is 0 Å². The molecule has 0 aliphatic carbocycles. The zero-order valence-corrected chi connectivity index (χ0v) is 11.8. The van der Waals surface area contributed by atoms with E-state index >= 15 is 0 Å². The Balaban J connectivity index is 2.12. The Bertz CT molecular complexity index is 448. The SMILES string of the molecule is CC(C)(Cc1cccc(C2CCNCC2)c1)C(=O)O. The lowest BCUT2D eigenvalue weighted by Crippen LogP contribution is -2.27. The molecule has 1 aliphatic heterocycles. The number of hydrogen-bond donors (Lipinski definition) is 2. The second-order valence-electron chi connectivity index (χ2n) is 6.14. The van der Waals surface area contributed by atoms with Gasteiger partial charge in [0.05, 0.1) is 5.41 Å². The summed E-state index contributed by atoms with van der Waals surface area (Å²) in [5.74, 6) is -0.117. The first-order chi connectivity index (χ1) is 8.99. The highest BCUT2D eigenvalue weighted by Crippen LogP contribution is 2.28. The molecular formula is C16H23NO2. The number of hydrogen-bond acceptors (Lipinski definition) is 2. The van der Waals surface area contributed by atoms with Crippen LogP contribution in [0, 0.1) is 5.41 Å². The summed E-state index contributed by atoms with van der Waals surface area (Å²) in [7, 11) is 0. The third-order valence-electron chi connectivity index (χ3n) is 3.99. The fourth-order valence-electron chi connectivity index (χ4n) is 2.70. The van der Waals surface area contributed by atoms with Crippen molar-refractivity contribution in [3.05, 3.63) is 35.4 Å². The van der Waals surface area contributed by atoms with Crippen LogP contribution in [-0.4, -0.2) is 24.2 Å². The molecule has 19 heavy (non-hydrogen) atoms. The number of piperidine rings is 1. The Morgan fingerprint density at radius 3 is 2.68 bits per heavy atom. The Morgan fingerprint density at radius 2 is 2.05 bits per heavy atom. The molecule has 1 aromatic rings. The molecular weight excluding hydrogens is 238 g/mol. The number of carboxylic acid groups (broad SMARTS) is 1. The van der Waals surface area contributed by atoms with Gasteiger partial charge in [0.2, 0.25) is 0 Å². The molecule has 1 aliphatic rings. The van der Waals surface area contributed by atoms with Gasteiger partial charge in [0, 0.05) is 0 Å². The van der Waals surface area contributed by atoms with E-state index < -0.39 is 11.4 Å². The molecule has 2 rings (SSSR count). The maximum absolute atomic E-state index is 11.2. The van der Waals surface area contributed by atoms with Crippen molar-refractivity contribution in [2.45, 2.75) is 39.0 Å². The molecule has 2 N–H and O–H groups in total. The standard InChI is InChI=1S/C16H23NO2/c1-16(2,15(18)19)11-12-4-3-5-14(10-12)13-6-8-17-9-7-13/h3-5,10,13,17H,6-9,11H2,1-2H3,(H,18,19). The summed E-state index contributed by atoms with van der Waals surface area (Å²) in [5, 5.41) is 12.6. The summed E-state index contributed by atoms with van der Waals surface area (Å²) in [6, 6.07) is 8.47. The van der Waals surface area contributed by atoms with E-state index in [1.54, 1.807) is 13.8 Å². The zero-order valence-electron chi connectivity index (χ0n) is 11.8. The van der Waals surface area contributed by atoms with Gasteiger partial charge in [-0.15, -0.1) is 0 Å². The predicted octanol–water partition coefficient (Wildman–Crippen LogP) is 2.81. The summed E-state index contributed by atoms with van der Waals surface area (Å²) < 4.78 is 0. The summed E-state index contributed by atoms with van der Waals surface area (Å²) in [4.78, 5) is 11.2. The zero-order chi connectivity index (χ0) is 13.9. The summed E-state index contributed by atoms with van der Waals surface area (Å²) in [6.45, 7) is 5.73. The fraction of sp³-hybridized carbons (Fsp3) is 0.562.